The summed E-state index contributed by atoms with van der Waals surface area (Å²) in [5, 5.41) is -0.439. The van der Waals surface area contributed by atoms with Crippen LogP contribution in [0.5, 0.6) is 5.75 Å². The number of likely N-dealkylation sites (tertiary alicyclic amines) is 1. The highest BCUT2D eigenvalue weighted by Crippen LogP contribution is 2.34. The number of carbonyl (C=O) groups excluding carboxylic acids is 3. The first-order valence-corrected chi connectivity index (χ1v) is 12.2. The average Bonchev–Trinajstić information content (AvgIpc) is 3.06. The fraction of sp³-hybridized carbons (Fsp3) is 0.292. The van der Waals surface area contributed by atoms with E-state index in [1.165, 1.54) is 12.1 Å². The molecular formula is C24H22BrFN2O4S. The lowest BCUT2D eigenvalue weighted by atomic mass is 10.1. The number of amides is 3. The van der Waals surface area contributed by atoms with Crippen molar-refractivity contribution in [2.75, 3.05) is 19.6 Å². The first-order valence-electron chi connectivity index (χ1n) is 10.6. The topological polar surface area (TPSA) is 66.9 Å². The van der Waals surface area contributed by atoms with Crippen LogP contribution < -0.4 is 4.74 Å². The van der Waals surface area contributed by atoms with E-state index in [-0.39, 0.29) is 29.8 Å². The van der Waals surface area contributed by atoms with E-state index in [9.17, 15) is 18.8 Å². The summed E-state index contributed by atoms with van der Waals surface area (Å²) in [6.45, 7) is 1.33. The van der Waals surface area contributed by atoms with Crippen LogP contribution in [0.1, 0.15) is 30.4 Å². The minimum absolute atomic E-state index is 0.194. The molecule has 2 aromatic rings. The normalized spacial score (nSPS) is 17.7. The number of halogens is 2. The zero-order valence-electron chi connectivity index (χ0n) is 17.8. The van der Waals surface area contributed by atoms with Crippen molar-refractivity contribution in [2.24, 2.45) is 0 Å². The van der Waals surface area contributed by atoms with E-state index in [2.05, 4.69) is 15.9 Å². The fourth-order valence-corrected chi connectivity index (χ4v) is 5.03. The molecular weight excluding hydrogens is 511 g/mol. The molecule has 2 fully saturated rings. The van der Waals surface area contributed by atoms with Crippen LogP contribution in [0.25, 0.3) is 6.08 Å². The Labute approximate surface area is 203 Å². The van der Waals surface area contributed by atoms with Crippen molar-refractivity contribution in [1.29, 1.82) is 0 Å². The molecule has 3 amide bonds. The molecule has 0 bridgehead atoms. The van der Waals surface area contributed by atoms with Gasteiger partial charge in [0.2, 0.25) is 5.91 Å². The van der Waals surface area contributed by atoms with Gasteiger partial charge in [-0.25, -0.2) is 4.39 Å². The molecule has 4 rings (SSSR count). The summed E-state index contributed by atoms with van der Waals surface area (Å²) >= 11 is 4.28. The van der Waals surface area contributed by atoms with Gasteiger partial charge in [0.25, 0.3) is 11.1 Å². The third-order valence-corrected chi connectivity index (χ3v) is 6.94. The minimum atomic E-state index is -0.460. The number of carbonyl (C=O) groups is 3. The Morgan fingerprint density at radius 2 is 1.91 bits per heavy atom. The van der Waals surface area contributed by atoms with Crippen LogP contribution in [-0.4, -0.2) is 46.5 Å². The van der Waals surface area contributed by atoms with E-state index in [4.69, 9.17) is 4.74 Å². The van der Waals surface area contributed by atoms with Crippen molar-refractivity contribution in [2.45, 2.75) is 25.9 Å². The molecule has 0 unspecified atom stereocenters. The van der Waals surface area contributed by atoms with Gasteiger partial charge in [0, 0.05) is 13.1 Å². The summed E-state index contributed by atoms with van der Waals surface area (Å²) in [4.78, 5) is 40.6. The molecule has 0 saturated carbocycles. The molecule has 172 valence electrons. The van der Waals surface area contributed by atoms with Crippen LogP contribution >= 0.6 is 27.7 Å². The van der Waals surface area contributed by atoms with Gasteiger partial charge >= 0.3 is 0 Å². The number of hydrogen-bond acceptors (Lipinski definition) is 5. The third kappa shape index (κ3) is 5.83. The van der Waals surface area contributed by atoms with Crippen molar-refractivity contribution < 1.29 is 23.5 Å². The zero-order valence-corrected chi connectivity index (χ0v) is 20.2. The van der Waals surface area contributed by atoms with Gasteiger partial charge in [-0.05, 0) is 88.4 Å². The second-order valence-corrected chi connectivity index (χ2v) is 9.67. The molecule has 2 aliphatic heterocycles. The number of piperidine rings is 1. The first kappa shape index (κ1) is 23.5. The number of rotatable bonds is 6. The van der Waals surface area contributed by atoms with Crippen LogP contribution in [-0.2, 0) is 16.2 Å². The maximum atomic E-state index is 13.3. The standard InChI is InChI=1S/C24H22BrFN2O4S/c25-19-12-16(7-8-20(19)32-15-17-5-4-6-18(26)11-17)13-21-23(30)28(24(31)33-21)14-22(29)27-9-2-1-3-10-27/h4-8,11-13H,1-3,9-10,14-15H2/b21-13-. The molecule has 0 N–H and O–H groups in total. The summed E-state index contributed by atoms with van der Waals surface area (Å²) in [7, 11) is 0. The Balaban J connectivity index is 1.40. The Hall–Kier alpha value is -2.65. The highest BCUT2D eigenvalue weighted by molar-refractivity contribution is 9.10. The van der Waals surface area contributed by atoms with Gasteiger partial charge in [-0.2, -0.15) is 0 Å². The maximum Gasteiger partial charge on any atom is 0.294 e. The lowest BCUT2D eigenvalue weighted by molar-refractivity contribution is -0.136. The second kappa shape index (κ2) is 10.5. The van der Waals surface area contributed by atoms with Gasteiger partial charge in [0.15, 0.2) is 0 Å². The van der Waals surface area contributed by atoms with Crippen molar-refractivity contribution in [3.05, 3.63) is 68.8 Å². The quantitative estimate of drug-likeness (QED) is 0.477. The molecule has 2 aliphatic rings. The van der Waals surface area contributed by atoms with E-state index in [0.717, 1.165) is 35.9 Å². The smallest absolute Gasteiger partial charge is 0.294 e. The highest BCUT2D eigenvalue weighted by Gasteiger charge is 2.37. The predicted molar refractivity (Wildman–Crippen MR) is 128 cm³/mol. The Kier molecular flexibility index (Phi) is 7.49. The molecule has 2 heterocycles. The molecule has 0 aliphatic carbocycles. The van der Waals surface area contributed by atoms with Crippen LogP contribution in [0.2, 0.25) is 0 Å². The number of nitrogens with zero attached hydrogens (tertiary/aromatic N) is 2. The Bertz CT molecular complexity index is 1120. The second-order valence-electron chi connectivity index (χ2n) is 7.82. The van der Waals surface area contributed by atoms with E-state index >= 15 is 0 Å². The van der Waals surface area contributed by atoms with Gasteiger partial charge in [0.05, 0.1) is 9.38 Å². The third-order valence-electron chi connectivity index (χ3n) is 5.41. The highest BCUT2D eigenvalue weighted by atomic mass is 79.9. The zero-order chi connectivity index (χ0) is 23.4. The van der Waals surface area contributed by atoms with Crippen molar-refractivity contribution in [3.8, 4) is 5.75 Å². The van der Waals surface area contributed by atoms with E-state index in [0.29, 0.717) is 34.4 Å². The van der Waals surface area contributed by atoms with Crippen molar-refractivity contribution in [3.63, 3.8) is 0 Å². The Morgan fingerprint density at radius 3 is 2.64 bits per heavy atom. The van der Waals surface area contributed by atoms with E-state index in [1.807, 2.05) is 0 Å². The van der Waals surface area contributed by atoms with Crippen LogP contribution in [0.15, 0.2) is 51.8 Å². The van der Waals surface area contributed by atoms with Gasteiger partial charge in [-0.3, -0.25) is 19.3 Å². The minimum Gasteiger partial charge on any atom is -0.488 e. The number of ether oxygens (including phenoxy) is 1. The summed E-state index contributed by atoms with van der Waals surface area (Å²) in [6, 6.07) is 11.5. The maximum absolute atomic E-state index is 13.3. The summed E-state index contributed by atoms with van der Waals surface area (Å²) < 4.78 is 19.7. The molecule has 0 atom stereocenters. The molecule has 33 heavy (non-hydrogen) atoms. The predicted octanol–water partition coefficient (Wildman–Crippen LogP) is 5.22. The van der Waals surface area contributed by atoms with Crippen molar-refractivity contribution in [1.82, 2.24) is 9.80 Å². The monoisotopic (exact) mass is 532 g/mol. The van der Waals surface area contributed by atoms with E-state index < -0.39 is 11.1 Å². The van der Waals surface area contributed by atoms with E-state index in [1.54, 1.807) is 41.3 Å². The lowest BCUT2D eigenvalue weighted by Crippen LogP contribution is -2.44. The number of benzene rings is 2. The largest absolute Gasteiger partial charge is 0.488 e. The molecule has 2 saturated heterocycles. The summed E-state index contributed by atoms with van der Waals surface area (Å²) in [6.07, 6.45) is 4.62. The summed E-state index contributed by atoms with van der Waals surface area (Å²) in [5.74, 6) is -0.410. The van der Waals surface area contributed by atoms with Crippen molar-refractivity contribution >= 4 is 50.8 Å². The molecule has 9 heteroatoms. The molecule has 0 radical (unpaired) electrons. The number of hydrogen-bond donors (Lipinski definition) is 0. The number of imide groups is 1. The Morgan fingerprint density at radius 1 is 1.12 bits per heavy atom. The van der Waals surface area contributed by atoms with Crippen LogP contribution in [0.3, 0.4) is 0 Å². The van der Waals surface area contributed by atoms with Gasteiger partial charge in [-0.15, -0.1) is 0 Å². The van der Waals surface area contributed by atoms with Gasteiger partial charge < -0.3 is 9.64 Å². The first-order chi connectivity index (χ1) is 15.9. The molecule has 0 spiro atoms. The fourth-order valence-electron chi connectivity index (χ4n) is 3.68. The molecule has 2 aromatic carbocycles. The van der Waals surface area contributed by atoms with Crippen LogP contribution in [0, 0.1) is 5.82 Å². The molecule has 0 aromatic heterocycles. The SMILES string of the molecule is O=C(CN1C(=O)S/C(=C\c2ccc(OCc3cccc(F)c3)c(Br)c2)C1=O)N1CCCCC1. The lowest BCUT2D eigenvalue weighted by Gasteiger charge is -2.27. The van der Waals surface area contributed by atoms with Gasteiger partial charge in [0.1, 0.15) is 24.7 Å². The number of thioether (sulfide) groups is 1. The molecule has 6 nitrogen and oxygen atoms in total. The summed E-state index contributed by atoms with van der Waals surface area (Å²) in [5.41, 5.74) is 1.41. The average molecular weight is 533 g/mol. The van der Waals surface area contributed by atoms with Gasteiger partial charge in [-0.1, -0.05) is 18.2 Å². The van der Waals surface area contributed by atoms with Crippen LogP contribution in [0.4, 0.5) is 9.18 Å².